The second-order valence-electron chi connectivity index (χ2n) is 6.54. The Balaban J connectivity index is 2.08. The lowest BCUT2D eigenvalue weighted by Crippen LogP contribution is -2.44. The van der Waals surface area contributed by atoms with Gasteiger partial charge in [0.2, 0.25) is 5.91 Å². The normalized spacial score (nSPS) is 16.8. The van der Waals surface area contributed by atoms with Crippen LogP contribution in [-0.4, -0.2) is 54.7 Å². The number of nitrogens with one attached hydrogen (secondary N) is 2. The van der Waals surface area contributed by atoms with Crippen LogP contribution >= 0.6 is 0 Å². The van der Waals surface area contributed by atoms with E-state index in [0.29, 0.717) is 12.6 Å². The first-order chi connectivity index (χ1) is 10.3. The van der Waals surface area contributed by atoms with E-state index in [1.807, 2.05) is 37.8 Å². The third-order valence-corrected chi connectivity index (χ3v) is 3.39. The lowest BCUT2D eigenvalue weighted by atomic mass is 10.1. The number of hydrogen-bond donors (Lipinski definition) is 2. The molecule has 22 heavy (non-hydrogen) atoms. The third-order valence-electron chi connectivity index (χ3n) is 3.39. The number of piperidine rings is 1. The molecular formula is C16H29N3O3. The predicted octanol–water partition coefficient (Wildman–Crippen LogP) is 1.67. The number of ether oxygens (including phenoxy) is 1. The molecule has 1 saturated heterocycles. The van der Waals surface area contributed by atoms with Crippen LogP contribution in [0.25, 0.3) is 0 Å². The van der Waals surface area contributed by atoms with Crippen molar-refractivity contribution in [3.63, 3.8) is 0 Å². The molecular weight excluding hydrogens is 282 g/mol. The Morgan fingerprint density at radius 3 is 2.32 bits per heavy atom. The summed E-state index contributed by atoms with van der Waals surface area (Å²) >= 11 is 0. The number of likely N-dealkylation sites (tertiary alicyclic amines) is 1. The standard InChI is InChI=1S/C16H29N3O3/c1-13(20)19-11-7-14(8-12-19)17-9-5-6-10-18-15(21)22-16(2,3)4/h5-6,14,17H,7-12H2,1-4H3,(H,18,21)/b6-5+. The fraction of sp³-hybridized carbons (Fsp3) is 0.750. The van der Waals surface area contributed by atoms with Gasteiger partial charge in [0.25, 0.3) is 0 Å². The number of nitrogens with zero attached hydrogens (tertiary/aromatic N) is 1. The van der Waals surface area contributed by atoms with E-state index in [-0.39, 0.29) is 5.91 Å². The summed E-state index contributed by atoms with van der Waals surface area (Å²) in [7, 11) is 0. The Bertz CT molecular complexity index is 394. The van der Waals surface area contributed by atoms with E-state index in [1.54, 1.807) is 6.92 Å². The Morgan fingerprint density at radius 2 is 1.77 bits per heavy atom. The highest BCUT2D eigenvalue weighted by Gasteiger charge is 2.19. The molecule has 0 aliphatic carbocycles. The molecule has 0 aromatic carbocycles. The van der Waals surface area contributed by atoms with Crippen LogP contribution in [0.3, 0.4) is 0 Å². The Kier molecular flexibility index (Phi) is 7.38. The van der Waals surface area contributed by atoms with Gasteiger partial charge in [0.15, 0.2) is 0 Å². The van der Waals surface area contributed by atoms with Crippen LogP contribution in [-0.2, 0) is 9.53 Å². The maximum atomic E-state index is 11.4. The Labute approximate surface area is 133 Å². The maximum Gasteiger partial charge on any atom is 0.407 e. The van der Waals surface area contributed by atoms with Gasteiger partial charge in [-0.2, -0.15) is 0 Å². The third kappa shape index (κ3) is 8.02. The fourth-order valence-corrected chi connectivity index (χ4v) is 2.26. The van der Waals surface area contributed by atoms with Crippen LogP contribution in [0.4, 0.5) is 4.79 Å². The van der Waals surface area contributed by atoms with Crippen LogP contribution < -0.4 is 10.6 Å². The zero-order valence-electron chi connectivity index (χ0n) is 14.1. The van der Waals surface area contributed by atoms with Crippen molar-refractivity contribution in [1.29, 1.82) is 0 Å². The summed E-state index contributed by atoms with van der Waals surface area (Å²) in [5.74, 6) is 0.159. The van der Waals surface area contributed by atoms with Gasteiger partial charge < -0.3 is 20.3 Å². The van der Waals surface area contributed by atoms with Gasteiger partial charge in [-0.15, -0.1) is 0 Å². The van der Waals surface area contributed by atoms with Gasteiger partial charge in [0.1, 0.15) is 5.60 Å². The van der Waals surface area contributed by atoms with Crippen LogP contribution in [0, 0.1) is 0 Å². The lowest BCUT2D eigenvalue weighted by Gasteiger charge is -2.31. The average molecular weight is 311 g/mol. The summed E-state index contributed by atoms with van der Waals surface area (Å²) in [6.45, 7) is 10.0. The molecule has 0 spiro atoms. The number of alkyl carbamates (subject to hydrolysis) is 1. The Morgan fingerprint density at radius 1 is 1.18 bits per heavy atom. The zero-order chi connectivity index (χ0) is 16.6. The first-order valence-corrected chi connectivity index (χ1v) is 7.88. The van der Waals surface area contributed by atoms with Gasteiger partial charge in [-0.1, -0.05) is 12.2 Å². The van der Waals surface area contributed by atoms with Crippen molar-refractivity contribution in [2.75, 3.05) is 26.2 Å². The minimum Gasteiger partial charge on any atom is -0.444 e. The summed E-state index contributed by atoms with van der Waals surface area (Å²) in [6, 6.07) is 0.457. The summed E-state index contributed by atoms with van der Waals surface area (Å²) in [4.78, 5) is 24.5. The second kappa shape index (κ2) is 8.78. The molecule has 126 valence electrons. The van der Waals surface area contributed by atoms with E-state index in [1.165, 1.54) is 0 Å². The fourth-order valence-electron chi connectivity index (χ4n) is 2.26. The summed E-state index contributed by atoms with van der Waals surface area (Å²) < 4.78 is 5.14. The molecule has 0 atom stereocenters. The SMILES string of the molecule is CC(=O)N1CCC(NC/C=C/CNC(=O)OC(C)(C)C)CC1. The molecule has 0 radical (unpaired) electrons. The monoisotopic (exact) mass is 311 g/mol. The van der Waals surface area contributed by atoms with Crippen molar-refractivity contribution in [3.05, 3.63) is 12.2 Å². The molecule has 1 rings (SSSR count). The van der Waals surface area contributed by atoms with E-state index in [4.69, 9.17) is 4.74 Å². The van der Waals surface area contributed by atoms with E-state index in [9.17, 15) is 9.59 Å². The highest BCUT2D eigenvalue weighted by molar-refractivity contribution is 5.73. The lowest BCUT2D eigenvalue weighted by molar-refractivity contribution is -0.129. The molecule has 1 aliphatic rings. The first-order valence-electron chi connectivity index (χ1n) is 7.88. The minimum absolute atomic E-state index is 0.159. The number of carbonyl (C=O) groups excluding carboxylic acids is 2. The van der Waals surface area contributed by atoms with Crippen molar-refractivity contribution in [2.24, 2.45) is 0 Å². The number of hydrogen-bond acceptors (Lipinski definition) is 4. The molecule has 6 nitrogen and oxygen atoms in total. The van der Waals surface area contributed by atoms with Crippen molar-refractivity contribution in [3.8, 4) is 0 Å². The highest BCUT2D eigenvalue weighted by atomic mass is 16.6. The van der Waals surface area contributed by atoms with Gasteiger partial charge in [-0.05, 0) is 33.6 Å². The quantitative estimate of drug-likeness (QED) is 0.758. The molecule has 1 fully saturated rings. The van der Waals surface area contributed by atoms with Crippen LogP contribution in [0.2, 0.25) is 0 Å². The molecule has 0 aromatic heterocycles. The van der Waals surface area contributed by atoms with Gasteiger partial charge in [0, 0.05) is 39.1 Å². The molecule has 0 unspecified atom stereocenters. The zero-order valence-corrected chi connectivity index (χ0v) is 14.1. The topological polar surface area (TPSA) is 70.7 Å². The van der Waals surface area contributed by atoms with Crippen molar-refractivity contribution in [2.45, 2.75) is 52.2 Å². The molecule has 2 amide bonds. The van der Waals surface area contributed by atoms with E-state index in [2.05, 4.69) is 10.6 Å². The van der Waals surface area contributed by atoms with Crippen LogP contribution in [0.15, 0.2) is 12.2 Å². The second-order valence-corrected chi connectivity index (χ2v) is 6.54. The van der Waals surface area contributed by atoms with Crippen molar-refractivity contribution in [1.82, 2.24) is 15.5 Å². The van der Waals surface area contributed by atoms with E-state index < -0.39 is 11.7 Å². The minimum atomic E-state index is -0.468. The Hall–Kier alpha value is -1.56. The van der Waals surface area contributed by atoms with Gasteiger partial charge >= 0.3 is 6.09 Å². The molecule has 6 heteroatoms. The first kappa shape index (κ1) is 18.5. The van der Waals surface area contributed by atoms with Crippen molar-refractivity contribution < 1.29 is 14.3 Å². The van der Waals surface area contributed by atoms with Crippen LogP contribution in [0.1, 0.15) is 40.5 Å². The van der Waals surface area contributed by atoms with E-state index in [0.717, 1.165) is 32.5 Å². The maximum absolute atomic E-state index is 11.4. The largest absolute Gasteiger partial charge is 0.444 e. The summed E-state index contributed by atoms with van der Waals surface area (Å²) in [6.07, 6.45) is 5.48. The molecule has 1 aliphatic heterocycles. The van der Waals surface area contributed by atoms with Gasteiger partial charge in [-0.3, -0.25) is 4.79 Å². The molecule has 0 saturated carbocycles. The van der Waals surface area contributed by atoms with Crippen LogP contribution in [0.5, 0.6) is 0 Å². The smallest absolute Gasteiger partial charge is 0.407 e. The number of rotatable bonds is 5. The number of carbonyl (C=O) groups is 2. The summed E-state index contributed by atoms with van der Waals surface area (Å²) in [5, 5.41) is 6.11. The van der Waals surface area contributed by atoms with Crippen molar-refractivity contribution >= 4 is 12.0 Å². The molecule has 0 bridgehead atoms. The van der Waals surface area contributed by atoms with Gasteiger partial charge in [-0.25, -0.2) is 4.79 Å². The molecule has 2 N–H and O–H groups in total. The summed E-state index contributed by atoms with van der Waals surface area (Å²) in [5.41, 5.74) is -0.468. The highest BCUT2D eigenvalue weighted by Crippen LogP contribution is 2.10. The predicted molar refractivity (Wildman–Crippen MR) is 86.7 cm³/mol. The van der Waals surface area contributed by atoms with Gasteiger partial charge in [0.05, 0.1) is 0 Å². The number of amides is 2. The molecule has 0 aromatic rings. The van der Waals surface area contributed by atoms with E-state index >= 15 is 0 Å². The average Bonchev–Trinajstić information content (AvgIpc) is 2.41. The molecule has 1 heterocycles.